The third-order valence-corrected chi connectivity index (χ3v) is 6.25. The molecule has 26 heavy (non-hydrogen) atoms. The van der Waals surface area contributed by atoms with E-state index < -0.39 is 0 Å². The summed E-state index contributed by atoms with van der Waals surface area (Å²) in [6, 6.07) is 8.03. The van der Waals surface area contributed by atoms with Gasteiger partial charge in [-0.2, -0.15) is 0 Å². The van der Waals surface area contributed by atoms with Crippen molar-refractivity contribution in [1.29, 1.82) is 0 Å². The Labute approximate surface area is 157 Å². The number of aryl methyl sites for hydroxylation is 3. The molecule has 2 aromatic heterocycles. The minimum absolute atomic E-state index is 0.109. The lowest BCUT2D eigenvalue weighted by Gasteiger charge is -2.17. The van der Waals surface area contributed by atoms with E-state index in [4.69, 9.17) is 4.74 Å². The topological polar surface area (TPSA) is 44.1 Å². The molecular formula is C21H24N2O2S. The maximum Gasteiger partial charge on any atom is 0.262 e. The van der Waals surface area contributed by atoms with Gasteiger partial charge in [0.2, 0.25) is 0 Å². The number of benzene rings is 1. The first-order chi connectivity index (χ1) is 12.6. The molecule has 1 aromatic carbocycles. The lowest BCUT2D eigenvalue weighted by molar-refractivity contribution is 0.300. The predicted molar refractivity (Wildman–Crippen MR) is 106 cm³/mol. The van der Waals surface area contributed by atoms with Crippen LogP contribution in [-0.4, -0.2) is 16.2 Å². The zero-order valence-corrected chi connectivity index (χ0v) is 16.1. The summed E-state index contributed by atoms with van der Waals surface area (Å²) in [5.41, 5.74) is 2.55. The van der Waals surface area contributed by atoms with E-state index >= 15 is 0 Å². The van der Waals surface area contributed by atoms with Crippen molar-refractivity contribution in [3.05, 3.63) is 57.0 Å². The Morgan fingerprint density at radius 3 is 3.12 bits per heavy atom. The van der Waals surface area contributed by atoms with Gasteiger partial charge in [0.25, 0.3) is 5.56 Å². The van der Waals surface area contributed by atoms with Gasteiger partial charge in [-0.3, -0.25) is 9.36 Å². The fourth-order valence-electron chi connectivity index (χ4n) is 3.66. The van der Waals surface area contributed by atoms with E-state index in [1.54, 1.807) is 22.2 Å². The lowest BCUT2D eigenvalue weighted by Crippen LogP contribution is -2.22. The second-order valence-corrected chi connectivity index (χ2v) is 8.38. The number of nitrogens with zero attached hydrogens (tertiary/aromatic N) is 2. The summed E-state index contributed by atoms with van der Waals surface area (Å²) in [5.74, 6) is 1.59. The van der Waals surface area contributed by atoms with Gasteiger partial charge >= 0.3 is 0 Å². The highest BCUT2D eigenvalue weighted by molar-refractivity contribution is 7.18. The molecule has 1 aliphatic carbocycles. The van der Waals surface area contributed by atoms with E-state index in [0.29, 0.717) is 19.1 Å². The van der Waals surface area contributed by atoms with Crippen LogP contribution < -0.4 is 10.3 Å². The Morgan fingerprint density at radius 2 is 2.27 bits per heavy atom. The number of thiophene rings is 1. The molecule has 5 heteroatoms. The first-order valence-electron chi connectivity index (χ1n) is 9.31. The zero-order valence-electron chi connectivity index (χ0n) is 15.3. The molecule has 0 spiro atoms. The molecule has 0 N–H and O–H groups in total. The first kappa shape index (κ1) is 17.3. The average Bonchev–Trinajstić information content (AvgIpc) is 2.98. The van der Waals surface area contributed by atoms with Gasteiger partial charge in [-0.15, -0.1) is 11.3 Å². The molecule has 2 heterocycles. The van der Waals surface area contributed by atoms with E-state index in [1.165, 1.54) is 16.0 Å². The Bertz CT molecular complexity index is 989. The molecule has 136 valence electrons. The van der Waals surface area contributed by atoms with Crippen molar-refractivity contribution in [3.63, 3.8) is 0 Å². The van der Waals surface area contributed by atoms with E-state index in [-0.39, 0.29) is 5.56 Å². The van der Waals surface area contributed by atoms with Crippen LogP contribution in [0, 0.1) is 12.8 Å². The Kier molecular flexibility index (Phi) is 4.81. The Morgan fingerprint density at radius 1 is 1.38 bits per heavy atom. The molecule has 0 saturated carbocycles. The normalized spacial score (nSPS) is 16.6. The molecule has 0 aliphatic heterocycles. The Balaban J connectivity index is 1.47. The molecule has 4 rings (SSSR count). The highest BCUT2D eigenvalue weighted by Crippen LogP contribution is 2.35. The summed E-state index contributed by atoms with van der Waals surface area (Å²) >= 11 is 1.70. The van der Waals surface area contributed by atoms with Crippen LogP contribution in [0.5, 0.6) is 5.75 Å². The first-order valence-corrected chi connectivity index (χ1v) is 10.1. The summed E-state index contributed by atoms with van der Waals surface area (Å²) in [6.07, 6.45) is 5.73. The van der Waals surface area contributed by atoms with Gasteiger partial charge in [0.1, 0.15) is 10.6 Å². The largest absolute Gasteiger partial charge is 0.494 e. The van der Waals surface area contributed by atoms with E-state index in [2.05, 4.69) is 24.9 Å². The monoisotopic (exact) mass is 368 g/mol. The van der Waals surface area contributed by atoms with Crippen LogP contribution in [0.2, 0.25) is 0 Å². The van der Waals surface area contributed by atoms with Crippen LogP contribution in [-0.2, 0) is 19.4 Å². The molecule has 1 aliphatic rings. The molecule has 0 saturated heterocycles. The van der Waals surface area contributed by atoms with Gasteiger partial charge in [-0.25, -0.2) is 4.98 Å². The molecule has 0 radical (unpaired) electrons. The van der Waals surface area contributed by atoms with Crippen LogP contribution in [0.15, 0.2) is 35.4 Å². The highest BCUT2D eigenvalue weighted by atomic mass is 32.1. The summed E-state index contributed by atoms with van der Waals surface area (Å²) in [7, 11) is 0. The fraction of sp³-hybridized carbons (Fsp3) is 0.429. The van der Waals surface area contributed by atoms with Gasteiger partial charge < -0.3 is 4.74 Å². The Hall–Kier alpha value is -2.14. The lowest BCUT2D eigenvalue weighted by atomic mass is 9.89. The van der Waals surface area contributed by atoms with Crippen molar-refractivity contribution in [3.8, 4) is 5.75 Å². The molecule has 1 atom stereocenters. The quantitative estimate of drug-likeness (QED) is 0.629. The second kappa shape index (κ2) is 7.23. The van der Waals surface area contributed by atoms with Crippen LogP contribution in [0.1, 0.15) is 35.8 Å². The van der Waals surface area contributed by atoms with Gasteiger partial charge in [0.15, 0.2) is 0 Å². The fourth-order valence-corrected chi connectivity index (χ4v) is 5.00. The van der Waals surface area contributed by atoms with Crippen LogP contribution in [0.3, 0.4) is 0 Å². The van der Waals surface area contributed by atoms with Gasteiger partial charge in [-0.1, -0.05) is 19.1 Å². The van der Waals surface area contributed by atoms with Crippen molar-refractivity contribution >= 4 is 21.6 Å². The van der Waals surface area contributed by atoms with Crippen molar-refractivity contribution in [2.45, 2.75) is 46.1 Å². The number of rotatable bonds is 5. The van der Waals surface area contributed by atoms with Crippen molar-refractivity contribution < 1.29 is 4.74 Å². The minimum Gasteiger partial charge on any atom is -0.494 e. The maximum absolute atomic E-state index is 12.9. The standard InChI is InChI=1S/C21H24N2O2S/c1-14-5-3-6-16(11-14)25-10-4-9-23-13-22-20-19(21(23)24)17-8-7-15(2)12-18(17)26-20/h3,5-6,11,13,15H,4,7-10,12H2,1-2H3/t15-/m0/s1. The van der Waals surface area contributed by atoms with Crippen molar-refractivity contribution in [2.24, 2.45) is 5.92 Å². The van der Waals surface area contributed by atoms with Crippen LogP contribution >= 0.6 is 11.3 Å². The van der Waals surface area contributed by atoms with Crippen LogP contribution in [0.25, 0.3) is 10.2 Å². The second-order valence-electron chi connectivity index (χ2n) is 7.29. The van der Waals surface area contributed by atoms with E-state index in [0.717, 1.165) is 41.6 Å². The molecular weight excluding hydrogens is 344 g/mol. The van der Waals surface area contributed by atoms with Gasteiger partial charge in [-0.05, 0) is 61.8 Å². The van der Waals surface area contributed by atoms with E-state index in [1.807, 2.05) is 18.2 Å². The molecule has 0 bridgehead atoms. The van der Waals surface area contributed by atoms with Gasteiger partial charge in [0.05, 0.1) is 18.3 Å². The number of hydrogen-bond donors (Lipinski definition) is 0. The molecule has 0 amide bonds. The maximum atomic E-state index is 12.9. The summed E-state index contributed by atoms with van der Waals surface area (Å²) in [4.78, 5) is 19.8. The summed E-state index contributed by atoms with van der Waals surface area (Å²) < 4.78 is 7.53. The van der Waals surface area contributed by atoms with E-state index in [9.17, 15) is 4.79 Å². The average molecular weight is 369 g/mol. The molecule has 3 aromatic rings. The summed E-state index contributed by atoms with van der Waals surface area (Å²) in [5, 5.41) is 0.860. The van der Waals surface area contributed by atoms with Gasteiger partial charge in [0, 0.05) is 11.4 Å². The molecule has 0 unspecified atom stereocenters. The van der Waals surface area contributed by atoms with Crippen molar-refractivity contribution in [2.75, 3.05) is 6.61 Å². The molecule has 0 fully saturated rings. The number of aromatic nitrogens is 2. The predicted octanol–water partition coefficient (Wildman–Crippen LogP) is 4.36. The smallest absolute Gasteiger partial charge is 0.262 e. The van der Waals surface area contributed by atoms with Crippen molar-refractivity contribution in [1.82, 2.24) is 9.55 Å². The third kappa shape index (κ3) is 3.40. The number of ether oxygens (including phenoxy) is 1. The minimum atomic E-state index is 0.109. The highest BCUT2D eigenvalue weighted by Gasteiger charge is 2.23. The zero-order chi connectivity index (χ0) is 18.1. The number of fused-ring (bicyclic) bond motifs is 3. The number of hydrogen-bond acceptors (Lipinski definition) is 4. The summed E-state index contributed by atoms with van der Waals surface area (Å²) in [6.45, 7) is 5.56. The van der Waals surface area contributed by atoms with Crippen LogP contribution in [0.4, 0.5) is 0 Å². The SMILES string of the molecule is Cc1cccc(OCCCn2cnc3sc4c(c3c2=O)CC[C@H](C)C4)c1. The molecule has 4 nitrogen and oxygen atoms in total. The third-order valence-electron chi connectivity index (χ3n) is 5.08.